The van der Waals surface area contributed by atoms with Crippen molar-refractivity contribution in [2.75, 3.05) is 13.6 Å². The summed E-state index contributed by atoms with van der Waals surface area (Å²) in [6.07, 6.45) is 0.937. The van der Waals surface area contributed by atoms with Gasteiger partial charge in [0.2, 0.25) is 0 Å². The maximum Gasteiger partial charge on any atom is 0.0547 e. The summed E-state index contributed by atoms with van der Waals surface area (Å²) in [5, 5.41) is 0. The summed E-state index contributed by atoms with van der Waals surface area (Å²) in [6.45, 7) is 5.66. The molecule has 1 atom stereocenters. The first-order valence-electron chi connectivity index (χ1n) is 7.41. The Balaban J connectivity index is 2.11. The summed E-state index contributed by atoms with van der Waals surface area (Å²) in [7, 11) is 2.12. The molecule has 2 rings (SSSR count). The van der Waals surface area contributed by atoms with Crippen molar-refractivity contribution in [3.05, 3.63) is 65.5 Å². The predicted octanol–water partition coefficient (Wildman–Crippen LogP) is 2.78. The number of pyridine rings is 1. The molecule has 0 aliphatic heterocycles. The number of nitrogens with zero attached hydrogens (tertiary/aromatic N) is 2. The molecule has 0 bridgehead atoms. The number of aryl methyl sites for hydroxylation is 1. The fourth-order valence-electron chi connectivity index (χ4n) is 2.52. The zero-order valence-corrected chi connectivity index (χ0v) is 13.2. The third-order valence-corrected chi connectivity index (χ3v) is 4.13. The van der Waals surface area contributed by atoms with E-state index in [0.29, 0.717) is 6.54 Å². The van der Waals surface area contributed by atoms with Crippen LogP contribution in [0.4, 0.5) is 0 Å². The standard InChI is InChI=1S/C18H25N3/c1-15-8-7-11-17(20-15)13-21(3)18(2,14-19)12-16-9-5-4-6-10-16/h4-11H,12-14,19H2,1-3H3. The first kappa shape index (κ1) is 15.7. The quantitative estimate of drug-likeness (QED) is 0.886. The molecule has 3 nitrogen and oxygen atoms in total. The van der Waals surface area contributed by atoms with Gasteiger partial charge in [0, 0.05) is 24.3 Å². The van der Waals surface area contributed by atoms with Gasteiger partial charge in [-0.05, 0) is 45.0 Å². The van der Waals surface area contributed by atoms with Crippen molar-refractivity contribution in [3.63, 3.8) is 0 Å². The molecular weight excluding hydrogens is 258 g/mol. The smallest absolute Gasteiger partial charge is 0.0547 e. The summed E-state index contributed by atoms with van der Waals surface area (Å²) in [5.41, 5.74) is 9.46. The lowest BCUT2D eigenvalue weighted by Crippen LogP contribution is -2.51. The maximum atomic E-state index is 6.08. The molecule has 0 saturated heterocycles. The van der Waals surface area contributed by atoms with Crippen molar-refractivity contribution in [3.8, 4) is 0 Å². The summed E-state index contributed by atoms with van der Waals surface area (Å²) in [5.74, 6) is 0. The lowest BCUT2D eigenvalue weighted by molar-refractivity contribution is 0.134. The van der Waals surface area contributed by atoms with Crippen LogP contribution in [0.3, 0.4) is 0 Å². The van der Waals surface area contributed by atoms with Crippen molar-refractivity contribution in [2.24, 2.45) is 5.73 Å². The van der Waals surface area contributed by atoms with Crippen molar-refractivity contribution in [1.29, 1.82) is 0 Å². The Morgan fingerprint density at radius 2 is 1.81 bits per heavy atom. The van der Waals surface area contributed by atoms with E-state index >= 15 is 0 Å². The molecule has 1 unspecified atom stereocenters. The fraction of sp³-hybridized carbons (Fsp3) is 0.389. The molecule has 0 amide bonds. The van der Waals surface area contributed by atoms with Crippen molar-refractivity contribution < 1.29 is 0 Å². The fourth-order valence-corrected chi connectivity index (χ4v) is 2.52. The van der Waals surface area contributed by atoms with Crippen LogP contribution >= 0.6 is 0 Å². The molecule has 0 radical (unpaired) electrons. The average Bonchev–Trinajstić information content (AvgIpc) is 2.48. The molecule has 3 heteroatoms. The van der Waals surface area contributed by atoms with Gasteiger partial charge in [-0.2, -0.15) is 0 Å². The lowest BCUT2D eigenvalue weighted by Gasteiger charge is -2.38. The summed E-state index contributed by atoms with van der Waals surface area (Å²) < 4.78 is 0. The predicted molar refractivity (Wildman–Crippen MR) is 88.0 cm³/mol. The van der Waals surface area contributed by atoms with Gasteiger partial charge in [-0.15, -0.1) is 0 Å². The average molecular weight is 283 g/mol. The van der Waals surface area contributed by atoms with E-state index in [1.807, 2.05) is 19.1 Å². The Labute approximate surface area is 127 Å². The van der Waals surface area contributed by atoms with Gasteiger partial charge in [-0.1, -0.05) is 36.4 Å². The Kier molecular flexibility index (Phi) is 5.10. The minimum atomic E-state index is -0.0766. The lowest BCUT2D eigenvalue weighted by atomic mass is 9.91. The van der Waals surface area contributed by atoms with Crippen molar-refractivity contribution in [1.82, 2.24) is 9.88 Å². The number of aromatic nitrogens is 1. The van der Waals surface area contributed by atoms with E-state index in [1.165, 1.54) is 5.56 Å². The van der Waals surface area contributed by atoms with E-state index in [9.17, 15) is 0 Å². The highest BCUT2D eigenvalue weighted by molar-refractivity contribution is 5.18. The van der Waals surface area contributed by atoms with Gasteiger partial charge in [-0.25, -0.2) is 0 Å². The van der Waals surface area contributed by atoms with Gasteiger partial charge in [-0.3, -0.25) is 9.88 Å². The maximum absolute atomic E-state index is 6.08. The van der Waals surface area contributed by atoms with Gasteiger partial charge in [0.15, 0.2) is 0 Å². The molecule has 112 valence electrons. The van der Waals surface area contributed by atoms with Gasteiger partial charge in [0.05, 0.1) is 5.69 Å². The van der Waals surface area contributed by atoms with Crippen LogP contribution in [0.2, 0.25) is 0 Å². The van der Waals surface area contributed by atoms with Crippen molar-refractivity contribution in [2.45, 2.75) is 32.4 Å². The Hall–Kier alpha value is -1.71. The van der Waals surface area contributed by atoms with E-state index < -0.39 is 0 Å². The van der Waals surface area contributed by atoms with Crippen LogP contribution in [-0.2, 0) is 13.0 Å². The van der Waals surface area contributed by atoms with Crippen LogP contribution < -0.4 is 5.73 Å². The molecule has 1 aromatic carbocycles. The third kappa shape index (κ3) is 4.13. The normalized spacial score (nSPS) is 14.1. The van der Waals surface area contributed by atoms with Crippen LogP contribution in [0.5, 0.6) is 0 Å². The molecule has 0 saturated carbocycles. The van der Waals surface area contributed by atoms with E-state index in [-0.39, 0.29) is 5.54 Å². The van der Waals surface area contributed by atoms with E-state index in [1.54, 1.807) is 0 Å². The second-order valence-electron chi connectivity index (χ2n) is 5.99. The van der Waals surface area contributed by atoms with Gasteiger partial charge < -0.3 is 5.73 Å². The molecule has 21 heavy (non-hydrogen) atoms. The highest BCUT2D eigenvalue weighted by Gasteiger charge is 2.28. The molecule has 2 aromatic rings. The molecule has 2 N–H and O–H groups in total. The van der Waals surface area contributed by atoms with Crippen LogP contribution in [0.1, 0.15) is 23.9 Å². The zero-order valence-electron chi connectivity index (χ0n) is 13.2. The number of hydrogen-bond acceptors (Lipinski definition) is 3. The Morgan fingerprint density at radius 1 is 1.10 bits per heavy atom. The third-order valence-electron chi connectivity index (χ3n) is 4.13. The van der Waals surface area contributed by atoms with Crippen LogP contribution in [-0.4, -0.2) is 29.0 Å². The minimum absolute atomic E-state index is 0.0766. The number of rotatable bonds is 6. The number of hydrogen-bond donors (Lipinski definition) is 1. The SMILES string of the molecule is Cc1cccc(CN(C)C(C)(CN)Cc2ccccc2)n1. The first-order chi connectivity index (χ1) is 10.0. The molecule has 0 spiro atoms. The van der Waals surface area contributed by atoms with Crippen LogP contribution in [0, 0.1) is 6.92 Å². The summed E-state index contributed by atoms with van der Waals surface area (Å²) in [4.78, 5) is 6.89. The molecule has 0 aliphatic rings. The largest absolute Gasteiger partial charge is 0.329 e. The molecular formula is C18H25N3. The molecule has 1 aromatic heterocycles. The number of nitrogens with two attached hydrogens (primary N) is 1. The van der Waals surface area contributed by atoms with E-state index in [4.69, 9.17) is 5.73 Å². The summed E-state index contributed by atoms with van der Waals surface area (Å²) >= 11 is 0. The monoisotopic (exact) mass is 283 g/mol. The van der Waals surface area contributed by atoms with Gasteiger partial charge in [0.25, 0.3) is 0 Å². The number of benzene rings is 1. The number of likely N-dealkylation sites (N-methyl/N-ethyl adjacent to an activating group) is 1. The van der Waals surface area contributed by atoms with Gasteiger partial charge in [0.1, 0.15) is 0 Å². The summed E-state index contributed by atoms with van der Waals surface area (Å²) in [6, 6.07) is 16.7. The van der Waals surface area contributed by atoms with Crippen LogP contribution in [0.25, 0.3) is 0 Å². The Morgan fingerprint density at radius 3 is 2.43 bits per heavy atom. The first-order valence-corrected chi connectivity index (χ1v) is 7.41. The van der Waals surface area contributed by atoms with E-state index in [2.05, 4.69) is 60.3 Å². The minimum Gasteiger partial charge on any atom is -0.329 e. The highest BCUT2D eigenvalue weighted by Crippen LogP contribution is 2.20. The molecule has 1 heterocycles. The van der Waals surface area contributed by atoms with Gasteiger partial charge >= 0.3 is 0 Å². The topological polar surface area (TPSA) is 42.1 Å². The zero-order chi connectivity index (χ0) is 15.3. The second kappa shape index (κ2) is 6.83. The second-order valence-corrected chi connectivity index (χ2v) is 5.99. The molecule has 0 fully saturated rings. The van der Waals surface area contributed by atoms with E-state index in [0.717, 1.165) is 24.4 Å². The van der Waals surface area contributed by atoms with Crippen LogP contribution in [0.15, 0.2) is 48.5 Å². The molecule has 0 aliphatic carbocycles. The Bertz CT molecular complexity index is 568. The van der Waals surface area contributed by atoms with Crippen molar-refractivity contribution >= 4 is 0 Å². The highest BCUT2D eigenvalue weighted by atomic mass is 15.2.